The molecular weight excluding hydrogens is 507 g/mol. The normalized spacial score (nSPS) is 12.6. The molecule has 2 N–H and O–H groups in total. The molecule has 0 heterocycles. The fourth-order valence-electron chi connectivity index (χ4n) is 3.29. The summed E-state index contributed by atoms with van der Waals surface area (Å²) in [6, 6.07) is 7.50. The Balaban J connectivity index is 2.17. The van der Waals surface area contributed by atoms with E-state index in [1.54, 1.807) is 0 Å². The summed E-state index contributed by atoms with van der Waals surface area (Å²) in [5.41, 5.74) is 0.750. The number of carbonyl (C=O) groups is 1. The summed E-state index contributed by atoms with van der Waals surface area (Å²) < 4.78 is -0.832. The molecule has 30 heavy (non-hydrogen) atoms. The van der Waals surface area contributed by atoms with Crippen LogP contribution in [0.3, 0.4) is 0 Å². The Morgan fingerprint density at radius 2 is 1.40 bits per heavy atom. The highest BCUT2D eigenvalue weighted by Gasteiger charge is 2.34. The topological polar surface area (TPSA) is 41.1 Å². The van der Waals surface area contributed by atoms with E-state index in [2.05, 4.69) is 33.5 Å². The predicted molar refractivity (Wildman–Crippen MR) is 136 cm³/mol. The number of para-hydroxylation sites is 1. The third-order valence-corrected chi connectivity index (χ3v) is 6.41. The quantitative estimate of drug-likeness (QED) is 0.125. The van der Waals surface area contributed by atoms with Crippen LogP contribution in [0, 0.1) is 0 Å². The highest BCUT2D eigenvalue weighted by Crippen LogP contribution is 2.32. The van der Waals surface area contributed by atoms with E-state index in [0.717, 1.165) is 23.0 Å². The van der Waals surface area contributed by atoms with E-state index in [9.17, 15) is 4.79 Å². The predicted octanol–water partition coefficient (Wildman–Crippen LogP) is 8.76. The molecule has 0 fully saturated rings. The van der Waals surface area contributed by atoms with Crippen LogP contribution in [0.5, 0.6) is 0 Å². The van der Waals surface area contributed by atoms with Crippen LogP contribution in [0.15, 0.2) is 28.7 Å². The van der Waals surface area contributed by atoms with Crippen molar-refractivity contribution in [2.24, 2.45) is 0 Å². The summed E-state index contributed by atoms with van der Waals surface area (Å²) in [5.74, 6) is -0.113. The molecule has 0 aliphatic heterocycles. The minimum atomic E-state index is -1.67. The number of amides is 1. The first-order valence-corrected chi connectivity index (χ1v) is 13.1. The molecule has 1 rings (SSSR count). The van der Waals surface area contributed by atoms with Crippen LogP contribution in [0.25, 0.3) is 0 Å². The monoisotopic (exact) mass is 540 g/mol. The van der Waals surface area contributed by atoms with Gasteiger partial charge >= 0.3 is 0 Å². The molecule has 7 heteroatoms. The smallest absolute Gasteiger partial charge is 0.228 e. The number of nitrogens with one attached hydrogen (secondary N) is 2. The fraction of sp³-hybridized carbons (Fsp3) is 0.696. The second kappa shape index (κ2) is 16.5. The standard InChI is InChI=1S/C23H36BrCl3N2O/c1-2-3-4-5-6-7-8-9-10-11-12-13-18-21(30)29-22(23(25,26)27)28-20-17-15-14-16-19(20)24/h14-17,22,28H,2-13,18H2,1H3,(H,29,30). The number of halogens is 4. The van der Waals surface area contributed by atoms with Gasteiger partial charge in [-0.2, -0.15) is 0 Å². The molecule has 1 aromatic rings. The lowest BCUT2D eigenvalue weighted by atomic mass is 10.0. The molecule has 3 nitrogen and oxygen atoms in total. The van der Waals surface area contributed by atoms with E-state index in [1.165, 1.54) is 64.2 Å². The Hall–Kier alpha value is -0.160. The molecule has 0 aliphatic carbocycles. The Morgan fingerprint density at radius 1 is 0.900 bits per heavy atom. The van der Waals surface area contributed by atoms with Crippen molar-refractivity contribution in [3.05, 3.63) is 28.7 Å². The molecule has 0 radical (unpaired) electrons. The fourth-order valence-corrected chi connectivity index (χ4v) is 4.02. The molecule has 0 bridgehead atoms. The van der Waals surface area contributed by atoms with Crippen molar-refractivity contribution < 1.29 is 4.79 Å². The first-order valence-electron chi connectivity index (χ1n) is 11.2. The van der Waals surface area contributed by atoms with Crippen LogP contribution in [0.4, 0.5) is 5.69 Å². The Bertz CT molecular complexity index is 596. The first-order chi connectivity index (χ1) is 14.3. The van der Waals surface area contributed by atoms with E-state index >= 15 is 0 Å². The van der Waals surface area contributed by atoms with E-state index in [0.29, 0.717) is 6.42 Å². The van der Waals surface area contributed by atoms with Crippen molar-refractivity contribution in [1.82, 2.24) is 5.32 Å². The minimum Gasteiger partial charge on any atom is -0.361 e. The van der Waals surface area contributed by atoms with Crippen molar-refractivity contribution in [3.8, 4) is 0 Å². The van der Waals surface area contributed by atoms with Gasteiger partial charge in [0, 0.05) is 10.9 Å². The molecule has 0 saturated heterocycles. The molecule has 0 saturated carbocycles. The molecule has 0 aliphatic rings. The number of benzene rings is 1. The minimum absolute atomic E-state index is 0.113. The van der Waals surface area contributed by atoms with Crippen LogP contribution >= 0.6 is 50.7 Å². The highest BCUT2D eigenvalue weighted by atomic mass is 79.9. The number of rotatable bonds is 16. The third-order valence-electron chi connectivity index (χ3n) is 5.06. The third kappa shape index (κ3) is 13.3. The zero-order chi connectivity index (χ0) is 22.2. The van der Waals surface area contributed by atoms with Crippen molar-refractivity contribution in [3.63, 3.8) is 0 Å². The van der Waals surface area contributed by atoms with Crippen LogP contribution < -0.4 is 10.6 Å². The molecule has 0 aromatic heterocycles. The summed E-state index contributed by atoms with van der Waals surface area (Å²) in [7, 11) is 0. The summed E-state index contributed by atoms with van der Waals surface area (Å²) in [4.78, 5) is 12.3. The lowest BCUT2D eigenvalue weighted by Gasteiger charge is -2.28. The summed E-state index contributed by atoms with van der Waals surface area (Å²) >= 11 is 21.6. The van der Waals surface area contributed by atoms with Gasteiger partial charge in [-0.3, -0.25) is 4.79 Å². The largest absolute Gasteiger partial charge is 0.361 e. The van der Waals surface area contributed by atoms with Gasteiger partial charge in [-0.25, -0.2) is 0 Å². The van der Waals surface area contributed by atoms with Crippen LogP contribution in [-0.2, 0) is 4.79 Å². The van der Waals surface area contributed by atoms with Gasteiger partial charge in [-0.15, -0.1) is 0 Å². The zero-order valence-corrected chi connectivity index (χ0v) is 21.9. The molecule has 1 aromatic carbocycles. The molecule has 1 unspecified atom stereocenters. The van der Waals surface area contributed by atoms with Gasteiger partial charge in [0.05, 0.1) is 5.69 Å². The number of hydrogen-bond donors (Lipinski definition) is 2. The molecular formula is C23H36BrCl3N2O. The van der Waals surface area contributed by atoms with Crippen LogP contribution in [0.2, 0.25) is 0 Å². The van der Waals surface area contributed by atoms with E-state index in [4.69, 9.17) is 34.8 Å². The highest BCUT2D eigenvalue weighted by molar-refractivity contribution is 9.10. The number of hydrogen-bond acceptors (Lipinski definition) is 2. The maximum atomic E-state index is 12.3. The first kappa shape index (κ1) is 27.9. The Kier molecular flexibility index (Phi) is 15.3. The van der Waals surface area contributed by atoms with Crippen LogP contribution in [0.1, 0.15) is 90.4 Å². The van der Waals surface area contributed by atoms with E-state index in [-0.39, 0.29) is 5.91 Å². The van der Waals surface area contributed by atoms with Crippen molar-refractivity contribution in [2.75, 3.05) is 5.32 Å². The lowest BCUT2D eigenvalue weighted by molar-refractivity contribution is -0.121. The van der Waals surface area contributed by atoms with Gasteiger partial charge in [0.25, 0.3) is 0 Å². The van der Waals surface area contributed by atoms with Crippen molar-refractivity contribution >= 4 is 62.3 Å². The van der Waals surface area contributed by atoms with Gasteiger partial charge in [0.2, 0.25) is 9.70 Å². The second-order valence-corrected chi connectivity index (χ2v) is 11.0. The second-order valence-electron chi connectivity index (χ2n) is 7.81. The summed E-state index contributed by atoms with van der Waals surface area (Å²) in [5, 5.41) is 5.90. The average Bonchev–Trinajstić information content (AvgIpc) is 2.69. The lowest BCUT2D eigenvalue weighted by Crippen LogP contribution is -2.49. The molecule has 1 amide bonds. The number of carbonyl (C=O) groups excluding carboxylic acids is 1. The Labute approximate surface area is 206 Å². The van der Waals surface area contributed by atoms with Crippen molar-refractivity contribution in [1.29, 1.82) is 0 Å². The van der Waals surface area contributed by atoms with Crippen molar-refractivity contribution in [2.45, 2.75) is 100 Å². The molecule has 172 valence electrons. The maximum Gasteiger partial charge on any atom is 0.228 e. The van der Waals surface area contributed by atoms with Gasteiger partial charge in [-0.05, 0) is 34.5 Å². The van der Waals surface area contributed by atoms with E-state index in [1.807, 2.05) is 24.3 Å². The molecule has 1 atom stereocenters. The SMILES string of the molecule is CCCCCCCCCCCCCCC(=O)NC(Nc1ccccc1Br)C(Cl)(Cl)Cl. The molecule has 0 spiro atoms. The number of alkyl halides is 3. The Morgan fingerprint density at radius 3 is 1.90 bits per heavy atom. The maximum absolute atomic E-state index is 12.3. The number of anilines is 1. The summed E-state index contributed by atoms with van der Waals surface area (Å²) in [6.07, 6.45) is 14.8. The van der Waals surface area contributed by atoms with Gasteiger partial charge in [-0.1, -0.05) is 124 Å². The van der Waals surface area contributed by atoms with E-state index < -0.39 is 9.96 Å². The van der Waals surface area contributed by atoms with Gasteiger partial charge in [0.15, 0.2) is 0 Å². The van der Waals surface area contributed by atoms with Gasteiger partial charge < -0.3 is 10.6 Å². The van der Waals surface area contributed by atoms with Crippen LogP contribution in [-0.4, -0.2) is 15.9 Å². The average molecular weight is 543 g/mol. The summed E-state index contributed by atoms with van der Waals surface area (Å²) in [6.45, 7) is 2.25. The number of unbranched alkanes of at least 4 members (excludes halogenated alkanes) is 11. The zero-order valence-electron chi connectivity index (χ0n) is 18.0. The van der Waals surface area contributed by atoms with Gasteiger partial charge in [0.1, 0.15) is 6.17 Å².